The lowest BCUT2D eigenvalue weighted by molar-refractivity contribution is -0.140. The van der Waals surface area contributed by atoms with Crippen molar-refractivity contribution in [2.75, 3.05) is 20.2 Å². The summed E-state index contributed by atoms with van der Waals surface area (Å²) in [5, 5.41) is 10.6. The first-order valence-corrected chi connectivity index (χ1v) is 11.7. The van der Waals surface area contributed by atoms with Crippen molar-refractivity contribution < 1.29 is 19.1 Å². The Labute approximate surface area is 201 Å². The number of nitrogens with zero attached hydrogens (tertiary/aromatic N) is 3. The Morgan fingerprint density at radius 1 is 1.23 bits per heavy atom. The Kier molecular flexibility index (Phi) is 6.25. The number of methoxy groups -OCH3 is 1. The van der Waals surface area contributed by atoms with Crippen LogP contribution in [0.1, 0.15) is 47.5 Å². The number of rotatable bonds is 6. The average molecular weight is 478 g/mol. The quantitative estimate of drug-likeness (QED) is 0.538. The van der Waals surface area contributed by atoms with Crippen molar-refractivity contribution in [3.8, 4) is 5.75 Å². The molecule has 2 aliphatic rings. The second-order valence-electron chi connectivity index (χ2n) is 9.30. The molecule has 1 fully saturated rings. The topological polar surface area (TPSA) is 115 Å². The van der Waals surface area contributed by atoms with Gasteiger partial charge in [0, 0.05) is 55.8 Å². The number of ether oxygens (including phenoxy) is 1. The van der Waals surface area contributed by atoms with Crippen LogP contribution in [0.4, 0.5) is 0 Å². The summed E-state index contributed by atoms with van der Waals surface area (Å²) in [5.74, 6) is -0.746. The van der Waals surface area contributed by atoms with E-state index in [0.29, 0.717) is 30.3 Å². The molecule has 182 valence electrons. The van der Waals surface area contributed by atoms with Crippen molar-refractivity contribution in [1.29, 1.82) is 0 Å². The number of pyridine rings is 2. The number of esters is 1. The molecule has 35 heavy (non-hydrogen) atoms. The number of carbonyl (C=O) groups is 1. The molecular weight excluding hydrogens is 450 g/mol. The van der Waals surface area contributed by atoms with Gasteiger partial charge in [-0.3, -0.25) is 24.3 Å². The van der Waals surface area contributed by atoms with Crippen molar-refractivity contribution >= 4 is 5.97 Å². The highest BCUT2D eigenvalue weighted by molar-refractivity contribution is 5.71. The van der Waals surface area contributed by atoms with Crippen LogP contribution in [0.2, 0.25) is 0 Å². The SMILES string of the molecule is COC(=O)CC(c1cccnc1)c1oc(CN2C[C@H]3C[C@@H](C2)c2cccc(=O)n2C3)cc(=O)c1O. The zero-order valence-electron chi connectivity index (χ0n) is 19.4. The van der Waals surface area contributed by atoms with Gasteiger partial charge < -0.3 is 18.8 Å². The lowest BCUT2D eigenvalue weighted by atomic mass is 9.83. The summed E-state index contributed by atoms with van der Waals surface area (Å²) < 4.78 is 12.8. The molecule has 0 amide bonds. The molecule has 2 bridgehead atoms. The van der Waals surface area contributed by atoms with Gasteiger partial charge in [-0.15, -0.1) is 0 Å². The summed E-state index contributed by atoms with van der Waals surface area (Å²) in [6, 6.07) is 10.2. The summed E-state index contributed by atoms with van der Waals surface area (Å²) >= 11 is 0. The molecule has 0 aliphatic carbocycles. The minimum atomic E-state index is -0.719. The predicted molar refractivity (Wildman–Crippen MR) is 126 cm³/mol. The van der Waals surface area contributed by atoms with Gasteiger partial charge in [-0.1, -0.05) is 12.1 Å². The average Bonchev–Trinajstić information content (AvgIpc) is 2.86. The van der Waals surface area contributed by atoms with E-state index >= 15 is 0 Å². The van der Waals surface area contributed by atoms with Crippen molar-refractivity contribution in [2.24, 2.45) is 5.92 Å². The van der Waals surface area contributed by atoms with Crippen LogP contribution in [0.25, 0.3) is 0 Å². The third-order valence-electron chi connectivity index (χ3n) is 6.94. The summed E-state index contributed by atoms with van der Waals surface area (Å²) in [4.78, 5) is 43.4. The molecule has 9 heteroatoms. The first kappa shape index (κ1) is 23.0. The lowest BCUT2D eigenvalue weighted by Crippen LogP contribution is -2.46. The monoisotopic (exact) mass is 477 g/mol. The normalized spacial score (nSPS) is 20.1. The maximum absolute atomic E-state index is 12.7. The molecule has 0 spiro atoms. The van der Waals surface area contributed by atoms with Gasteiger partial charge >= 0.3 is 5.97 Å². The number of fused-ring (bicyclic) bond motifs is 4. The van der Waals surface area contributed by atoms with Crippen LogP contribution in [-0.2, 0) is 22.6 Å². The van der Waals surface area contributed by atoms with Crippen LogP contribution in [-0.4, -0.2) is 45.7 Å². The first-order chi connectivity index (χ1) is 16.9. The van der Waals surface area contributed by atoms with Crippen LogP contribution in [0.3, 0.4) is 0 Å². The Morgan fingerprint density at radius 3 is 2.86 bits per heavy atom. The van der Waals surface area contributed by atoms with E-state index in [-0.39, 0.29) is 23.7 Å². The first-order valence-electron chi connectivity index (χ1n) is 11.7. The maximum Gasteiger partial charge on any atom is 0.306 e. The molecule has 3 aromatic rings. The van der Waals surface area contributed by atoms with E-state index < -0.39 is 23.1 Å². The zero-order chi connectivity index (χ0) is 24.5. The molecule has 0 saturated carbocycles. The molecule has 3 atom stereocenters. The Hall–Kier alpha value is -3.72. The second kappa shape index (κ2) is 9.50. The highest BCUT2D eigenvalue weighted by Crippen LogP contribution is 2.36. The van der Waals surface area contributed by atoms with Crippen LogP contribution in [0, 0.1) is 5.92 Å². The number of likely N-dealkylation sites (tertiary alicyclic amines) is 1. The maximum atomic E-state index is 12.7. The van der Waals surface area contributed by atoms with Crippen LogP contribution >= 0.6 is 0 Å². The molecule has 1 N–H and O–H groups in total. The fourth-order valence-electron chi connectivity index (χ4n) is 5.41. The van der Waals surface area contributed by atoms with Crippen molar-refractivity contribution in [1.82, 2.24) is 14.5 Å². The number of aromatic nitrogens is 2. The van der Waals surface area contributed by atoms with E-state index in [0.717, 1.165) is 25.2 Å². The summed E-state index contributed by atoms with van der Waals surface area (Å²) in [6.07, 6.45) is 4.09. The van der Waals surface area contributed by atoms with E-state index in [1.165, 1.54) is 13.2 Å². The molecule has 5 heterocycles. The number of piperidine rings is 1. The molecule has 0 radical (unpaired) electrons. The molecule has 5 rings (SSSR count). The van der Waals surface area contributed by atoms with Gasteiger partial charge in [0.15, 0.2) is 5.76 Å². The van der Waals surface area contributed by atoms with Crippen molar-refractivity contribution in [3.05, 3.63) is 92.1 Å². The van der Waals surface area contributed by atoms with Crippen LogP contribution in [0.15, 0.2) is 62.8 Å². The van der Waals surface area contributed by atoms with Gasteiger partial charge in [0.25, 0.3) is 5.56 Å². The third-order valence-corrected chi connectivity index (χ3v) is 6.94. The minimum Gasteiger partial charge on any atom is -0.502 e. The molecule has 1 unspecified atom stereocenters. The van der Waals surface area contributed by atoms with Gasteiger partial charge in [-0.2, -0.15) is 0 Å². The Bertz CT molecular complexity index is 1350. The summed E-state index contributed by atoms with van der Waals surface area (Å²) in [7, 11) is 1.29. The molecule has 9 nitrogen and oxygen atoms in total. The van der Waals surface area contributed by atoms with Gasteiger partial charge in [0.05, 0.1) is 26.0 Å². The highest BCUT2D eigenvalue weighted by Gasteiger charge is 2.35. The Balaban J connectivity index is 1.44. The fourth-order valence-corrected chi connectivity index (χ4v) is 5.41. The van der Waals surface area contributed by atoms with Crippen molar-refractivity contribution in [3.63, 3.8) is 0 Å². The van der Waals surface area contributed by atoms with Crippen LogP contribution < -0.4 is 11.0 Å². The van der Waals surface area contributed by atoms with Gasteiger partial charge in [-0.25, -0.2) is 0 Å². The fraction of sp³-hybridized carbons (Fsp3) is 0.385. The van der Waals surface area contributed by atoms with E-state index in [9.17, 15) is 19.5 Å². The second-order valence-corrected chi connectivity index (χ2v) is 9.30. The van der Waals surface area contributed by atoms with Gasteiger partial charge in [0.1, 0.15) is 5.76 Å². The largest absolute Gasteiger partial charge is 0.502 e. The minimum absolute atomic E-state index is 0.0278. The molecule has 3 aromatic heterocycles. The summed E-state index contributed by atoms with van der Waals surface area (Å²) in [6.45, 7) is 2.55. The number of hydrogen-bond donors (Lipinski definition) is 1. The van der Waals surface area contributed by atoms with Gasteiger partial charge in [-0.05, 0) is 30.0 Å². The number of carbonyl (C=O) groups excluding carboxylic acids is 1. The Morgan fingerprint density at radius 2 is 2.09 bits per heavy atom. The molecule has 2 aliphatic heterocycles. The molecule has 1 saturated heterocycles. The highest BCUT2D eigenvalue weighted by atomic mass is 16.5. The third kappa shape index (κ3) is 4.64. The van der Waals surface area contributed by atoms with E-state index in [2.05, 4.69) is 9.88 Å². The zero-order valence-corrected chi connectivity index (χ0v) is 19.4. The number of aromatic hydroxyl groups is 1. The smallest absolute Gasteiger partial charge is 0.306 e. The summed E-state index contributed by atoms with van der Waals surface area (Å²) in [5.41, 5.74) is 1.14. The van der Waals surface area contributed by atoms with E-state index in [4.69, 9.17) is 9.15 Å². The van der Waals surface area contributed by atoms with E-state index in [1.54, 1.807) is 36.7 Å². The molecular formula is C26H27N3O6. The standard InChI is InChI=1S/C26H27N3O6/c1-34-24(32)10-20(17-4-3-7-27-11-17)26-25(33)22(30)9-19(35-26)15-28-12-16-8-18(14-28)21-5-2-6-23(31)29(21)13-16/h2-7,9,11,16,18,20,33H,8,10,12-15H2,1H3/t16-,18+,20?/m1/s1. The van der Waals surface area contributed by atoms with Gasteiger partial charge in [0.2, 0.25) is 11.2 Å². The number of hydrogen-bond acceptors (Lipinski definition) is 8. The molecule has 0 aromatic carbocycles. The van der Waals surface area contributed by atoms with Crippen molar-refractivity contribution in [2.45, 2.75) is 37.8 Å². The predicted octanol–water partition coefficient (Wildman–Crippen LogP) is 2.22. The lowest BCUT2D eigenvalue weighted by Gasteiger charge is -2.42. The van der Waals surface area contributed by atoms with E-state index in [1.807, 2.05) is 10.6 Å². The van der Waals surface area contributed by atoms with Crippen LogP contribution in [0.5, 0.6) is 5.75 Å².